The molecule has 0 bridgehead atoms. The summed E-state index contributed by atoms with van der Waals surface area (Å²) >= 11 is 0. The van der Waals surface area contributed by atoms with Gasteiger partial charge in [-0.1, -0.05) is 6.07 Å². The van der Waals surface area contributed by atoms with Crippen LogP contribution in [0.4, 0.5) is 5.69 Å². The van der Waals surface area contributed by atoms with Gasteiger partial charge in [0.1, 0.15) is 6.04 Å². The molecule has 1 aromatic carbocycles. The van der Waals surface area contributed by atoms with Crippen LogP contribution in [0, 0.1) is 0 Å². The van der Waals surface area contributed by atoms with Crippen molar-refractivity contribution in [1.82, 2.24) is 10.2 Å². The molecule has 2 N–H and O–H groups in total. The summed E-state index contributed by atoms with van der Waals surface area (Å²) in [6.07, 6.45) is 0.734. The molecule has 3 rings (SSSR count). The smallest absolute Gasteiger partial charge is 0.263 e. The minimum absolute atomic E-state index is 0.167. The van der Waals surface area contributed by atoms with Crippen LogP contribution in [0.5, 0.6) is 0 Å². The topological polar surface area (TPSA) is 95.6 Å². The molecule has 7 heteroatoms. The highest BCUT2D eigenvalue weighted by Crippen LogP contribution is 2.28. The number of hydrogen-bond donors (Lipinski definition) is 2. The third-order valence-corrected chi connectivity index (χ3v) is 3.69. The van der Waals surface area contributed by atoms with Gasteiger partial charge in [-0.05, 0) is 18.6 Å². The third kappa shape index (κ3) is 2.06. The van der Waals surface area contributed by atoms with E-state index in [-0.39, 0.29) is 28.8 Å². The Labute approximate surface area is 120 Å². The molecule has 0 saturated carbocycles. The number of nitrogens with zero attached hydrogens (tertiary/aromatic N) is 1. The minimum Gasteiger partial charge on any atom is -0.344 e. The van der Waals surface area contributed by atoms with Crippen LogP contribution in [0.3, 0.4) is 0 Å². The molecule has 2 heterocycles. The quantitative estimate of drug-likeness (QED) is 0.756. The van der Waals surface area contributed by atoms with Gasteiger partial charge in [-0.15, -0.1) is 0 Å². The number of carbonyl (C=O) groups excluding carboxylic acids is 4. The van der Waals surface area contributed by atoms with Crippen molar-refractivity contribution in [2.75, 3.05) is 12.4 Å². The van der Waals surface area contributed by atoms with E-state index in [1.807, 2.05) is 0 Å². The highest BCUT2D eigenvalue weighted by Gasteiger charge is 2.36. The summed E-state index contributed by atoms with van der Waals surface area (Å²) in [5, 5.41) is 5.18. The van der Waals surface area contributed by atoms with E-state index < -0.39 is 11.9 Å². The predicted molar refractivity (Wildman–Crippen MR) is 72.7 cm³/mol. The van der Waals surface area contributed by atoms with E-state index in [1.165, 1.54) is 7.05 Å². The first-order valence-electron chi connectivity index (χ1n) is 6.54. The lowest BCUT2D eigenvalue weighted by Gasteiger charge is -2.12. The van der Waals surface area contributed by atoms with Crippen molar-refractivity contribution in [3.05, 3.63) is 29.3 Å². The zero-order chi connectivity index (χ0) is 15.1. The first-order valence-corrected chi connectivity index (χ1v) is 6.54. The summed E-state index contributed by atoms with van der Waals surface area (Å²) in [6, 6.07) is 4.12. The molecule has 1 unspecified atom stereocenters. The van der Waals surface area contributed by atoms with Gasteiger partial charge in [0.2, 0.25) is 11.8 Å². The Morgan fingerprint density at radius 3 is 2.71 bits per heavy atom. The number of imide groups is 1. The summed E-state index contributed by atoms with van der Waals surface area (Å²) in [5.74, 6) is -1.38. The van der Waals surface area contributed by atoms with Crippen molar-refractivity contribution in [3.8, 4) is 0 Å². The highest BCUT2D eigenvalue weighted by molar-refractivity contribution is 6.24. The summed E-state index contributed by atoms with van der Waals surface area (Å²) in [6.45, 7) is 0. The predicted octanol–water partition coefficient (Wildman–Crippen LogP) is 0.130. The van der Waals surface area contributed by atoms with Crippen LogP contribution in [0.15, 0.2) is 18.2 Å². The highest BCUT2D eigenvalue weighted by atomic mass is 16.2. The molecule has 4 amide bonds. The monoisotopic (exact) mass is 287 g/mol. The van der Waals surface area contributed by atoms with Gasteiger partial charge >= 0.3 is 0 Å². The van der Waals surface area contributed by atoms with Crippen molar-refractivity contribution in [2.45, 2.75) is 18.9 Å². The molecule has 1 fully saturated rings. The maximum atomic E-state index is 12.1. The van der Waals surface area contributed by atoms with Crippen LogP contribution in [0.25, 0.3) is 0 Å². The van der Waals surface area contributed by atoms with E-state index in [1.54, 1.807) is 18.2 Å². The number of hydrogen-bond acceptors (Lipinski definition) is 4. The van der Waals surface area contributed by atoms with Gasteiger partial charge in [-0.3, -0.25) is 24.1 Å². The Kier molecular flexibility index (Phi) is 2.97. The molecule has 108 valence electrons. The molecule has 1 atom stereocenters. The van der Waals surface area contributed by atoms with E-state index in [0.29, 0.717) is 18.5 Å². The molecule has 21 heavy (non-hydrogen) atoms. The van der Waals surface area contributed by atoms with E-state index in [0.717, 1.165) is 4.90 Å². The van der Waals surface area contributed by atoms with Crippen molar-refractivity contribution in [1.29, 1.82) is 0 Å². The number of amides is 4. The van der Waals surface area contributed by atoms with Crippen molar-refractivity contribution in [2.24, 2.45) is 0 Å². The summed E-state index contributed by atoms with van der Waals surface area (Å²) < 4.78 is 0. The van der Waals surface area contributed by atoms with Gasteiger partial charge < -0.3 is 10.6 Å². The number of nitrogens with one attached hydrogen (secondary N) is 2. The van der Waals surface area contributed by atoms with Crippen molar-refractivity contribution < 1.29 is 19.2 Å². The van der Waals surface area contributed by atoms with Gasteiger partial charge in [0.05, 0.1) is 16.8 Å². The average Bonchev–Trinajstić information content (AvgIpc) is 2.99. The maximum Gasteiger partial charge on any atom is 0.263 e. The second kappa shape index (κ2) is 4.69. The van der Waals surface area contributed by atoms with Gasteiger partial charge in [0.25, 0.3) is 11.8 Å². The largest absolute Gasteiger partial charge is 0.344 e. The molecule has 1 saturated heterocycles. The van der Waals surface area contributed by atoms with E-state index in [4.69, 9.17) is 0 Å². The Morgan fingerprint density at radius 1 is 1.29 bits per heavy atom. The van der Waals surface area contributed by atoms with Gasteiger partial charge in [-0.2, -0.15) is 0 Å². The standard InChI is InChI=1S/C14H13N3O4/c1-17-13(20)7-3-2-4-8(11(7)14(17)21)16-12(19)9-5-6-10(18)15-9/h2-4,9H,5-6H2,1H3,(H,15,18)(H,16,19). The van der Waals surface area contributed by atoms with E-state index in [2.05, 4.69) is 10.6 Å². The summed E-state index contributed by atoms with van der Waals surface area (Å²) in [5.41, 5.74) is 0.764. The number of benzene rings is 1. The van der Waals surface area contributed by atoms with Crippen LogP contribution in [0.2, 0.25) is 0 Å². The number of rotatable bonds is 2. The van der Waals surface area contributed by atoms with Gasteiger partial charge in [0, 0.05) is 13.5 Å². The Balaban J connectivity index is 1.88. The SMILES string of the molecule is CN1C(=O)c2cccc(NC(=O)C3CCC(=O)N3)c2C1=O. The molecule has 2 aliphatic heterocycles. The maximum absolute atomic E-state index is 12.1. The Bertz CT molecular complexity index is 683. The van der Waals surface area contributed by atoms with Crippen molar-refractivity contribution >= 4 is 29.3 Å². The molecule has 0 radical (unpaired) electrons. The first-order chi connectivity index (χ1) is 9.99. The van der Waals surface area contributed by atoms with Crippen LogP contribution in [-0.4, -0.2) is 41.6 Å². The second-order valence-electron chi connectivity index (χ2n) is 5.05. The van der Waals surface area contributed by atoms with Crippen LogP contribution < -0.4 is 10.6 Å². The van der Waals surface area contributed by atoms with E-state index in [9.17, 15) is 19.2 Å². The fourth-order valence-corrected chi connectivity index (χ4v) is 2.54. The lowest BCUT2D eigenvalue weighted by atomic mass is 10.1. The molecule has 0 aliphatic carbocycles. The molecule has 2 aliphatic rings. The fraction of sp³-hybridized carbons (Fsp3) is 0.286. The zero-order valence-electron chi connectivity index (χ0n) is 11.3. The van der Waals surface area contributed by atoms with Gasteiger partial charge in [0.15, 0.2) is 0 Å². The molecular formula is C14H13N3O4. The molecule has 0 spiro atoms. The fourth-order valence-electron chi connectivity index (χ4n) is 2.54. The first kappa shape index (κ1) is 13.3. The molecule has 0 aromatic heterocycles. The summed E-state index contributed by atoms with van der Waals surface area (Å²) in [4.78, 5) is 48.2. The summed E-state index contributed by atoms with van der Waals surface area (Å²) in [7, 11) is 1.40. The minimum atomic E-state index is -0.599. The lowest BCUT2D eigenvalue weighted by molar-refractivity contribution is -0.122. The number of anilines is 1. The number of carbonyl (C=O) groups is 4. The Morgan fingerprint density at radius 2 is 2.05 bits per heavy atom. The molecule has 7 nitrogen and oxygen atoms in total. The van der Waals surface area contributed by atoms with Crippen LogP contribution in [-0.2, 0) is 9.59 Å². The molecular weight excluding hydrogens is 274 g/mol. The van der Waals surface area contributed by atoms with Crippen molar-refractivity contribution in [3.63, 3.8) is 0 Å². The normalized spacial score (nSPS) is 20.5. The zero-order valence-corrected chi connectivity index (χ0v) is 11.3. The number of fused-ring (bicyclic) bond motifs is 1. The van der Waals surface area contributed by atoms with E-state index >= 15 is 0 Å². The lowest BCUT2D eigenvalue weighted by Crippen LogP contribution is -2.37. The van der Waals surface area contributed by atoms with Crippen LogP contribution >= 0.6 is 0 Å². The average molecular weight is 287 g/mol. The second-order valence-corrected chi connectivity index (χ2v) is 5.05. The third-order valence-electron chi connectivity index (χ3n) is 3.69. The van der Waals surface area contributed by atoms with Gasteiger partial charge in [-0.25, -0.2) is 0 Å². The molecule has 1 aromatic rings. The Hall–Kier alpha value is -2.70. The van der Waals surface area contributed by atoms with Crippen LogP contribution in [0.1, 0.15) is 33.6 Å².